The Morgan fingerprint density at radius 1 is 1.05 bits per heavy atom. The summed E-state index contributed by atoms with van der Waals surface area (Å²) in [6, 6.07) is 12.5. The monoisotopic (exact) mass is 381 g/mol. The van der Waals surface area contributed by atoms with Gasteiger partial charge in [0.15, 0.2) is 0 Å². The van der Waals surface area contributed by atoms with E-state index in [2.05, 4.69) is 15.9 Å². The lowest BCUT2D eigenvalue weighted by Crippen LogP contribution is -2.18. The summed E-state index contributed by atoms with van der Waals surface area (Å²) in [4.78, 5) is 12.4. The molecule has 3 rings (SSSR count). The number of benzene rings is 2. The third-order valence-corrected chi connectivity index (χ3v) is 4.53. The average Bonchev–Trinajstić information content (AvgIpc) is 2.40. The molecule has 2 nitrogen and oxygen atoms in total. The molecule has 1 heterocycles. The lowest BCUT2D eigenvalue weighted by molar-refractivity contribution is 1.04. The zero-order chi connectivity index (χ0) is 15.1. The molecule has 0 fully saturated rings. The van der Waals surface area contributed by atoms with E-state index in [4.69, 9.17) is 23.2 Å². The number of aryl methyl sites for hydroxylation is 1. The van der Waals surface area contributed by atoms with Crippen molar-refractivity contribution in [2.24, 2.45) is 0 Å². The van der Waals surface area contributed by atoms with Gasteiger partial charge >= 0.3 is 0 Å². The minimum atomic E-state index is -0.171. The maximum Gasteiger partial charge on any atom is 0.255 e. The van der Waals surface area contributed by atoms with Gasteiger partial charge in [0.1, 0.15) is 0 Å². The SMILES string of the molecule is Cc1cc(Br)c2ccc(=O)n(-c3c(Cl)cccc3Cl)c2c1. The Labute approximate surface area is 140 Å². The number of pyridine rings is 1. The summed E-state index contributed by atoms with van der Waals surface area (Å²) in [5.74, 6) is 0. The number of fused-ring (bicyclic) bond motifs is 1. The van der Waals surface area contributed by atoms with Crippen LogP contribution in [0.15, 0.2) is 51.7 Å². The van der Waals surface area contributed by atoms with Crippen LogP contribution < -0.4 is 5.56 Å². The van der Waals surface area contributed by atoms with Crippen LogP contribution in [-0.4, -0.2) is 4.57 Å². The lowest BCUT2D eigenvalue weighted by atomic mass is 10.1. The second-order valence-corrected chi connectivity index (χ2v) is 6.43. The number of nitrogens with zero attached hydrogens (tertiary/aromatic N) is 1. The van der Waals surface area contributed by atoms with E-state index in [9.17, 15) is 4.79 Å². The highest BCUT2D eigenvalue weighted by atomic mass is 79.9. The van der Waals surface area contributed by atoms with Crippen molar-refractivity contribution in [1.82, 2.24) is 4.57 Å². The minimum Gasteiger partial charge on any atom is -0.274 e. The molecule has 0 amide bonds. The van der Waals surface area contributed by atoms with E-state index in [-0.39, 0.29) is 5.56 Å². The third kappa shape index (κ3) is 2.50. The van der Waals surface area contributed by atoms with Gasteiger partial charge in [0.2, 0.25) is 0 Å². The molecule has 1 aromatic heterocycles. The molecule has 3 aromatic rings. The van der Waals surface area contributed by atoms with Crippen LogP contribution in [0.5, 0.6) is 0 Å². The predicted molar refractivity (Wildman–Crippen MR) is 92.0 cm³/mol. The summed E-state index contributed by atoms with van der Waals surface area (Å²) < 4.78 is 2.48. The standard InChI is InChI=1S/C16H10BrCl2NO/c1-9-7-11(17)10-5-6-15(21)20(14(10)8-9)16-12(18)3-2-4-13(16)19/h2-8H,1H3. The molecule has 0 atom stereocenters. The normalized spacial score (nSPS) is 11.0. The third-order valence-electron chi connectivity index (χ3n) is 3.27. The van der Waals surface area contributed by atoms with Crippen molar-refractivity contribution in [2.45, 2.75) is 6.92 Å². The molecular formula is C16H10BrCl2NO. The summed E-state index contributed by atoms with van der Waals surface area (Å²) in [5, 5.41) is 1.81. The van der Waals surface area contributed by atoms with E-state index in [1.54, 1.807) is 28.8 Å². The fraction of sp³-hybridized carbons (Fsp3) is 0.0625. The van der Waals surface area contributed by atoms with Crippen LogP contribution in [0.4, 0.5) is 0 Å². The van der Waals surface area contributed by atoms with E-state index in [0.29, 0.717) is 15.7 Å². The molecule has 0 radical (unpaired) electrons. The Kier molecular flexibility index (Phi) is 3.82. The van der Waals surface area contributed by atoms with Gasteiger partial charge in [-0.05, 0) is 42.8 Å². The second kappa shape index (κ2) is 5.48. The molecular weight excluding hydrogens is 373 g/mol. The molecule has 0 bridgehead atoms. The van der Waals surface area contributed by atoms with E-state index >= 15 is 0 Å². The Balaban J connectivity index is 2.53. The molecule has 2 aromatic carbocycles. The van der Waals surface area contributed by atoms with Crippen molar-refractivity contribution in [2.75, 3.05) is 0 Å². The Bertz CT molecular complexity index is 898. The molecule has 0 aliphatic carbocycles. The first kappa shape index (κ1) is 14.6. The maximum absolute atomic E-state index is 12.4. The summed E-state index contributed by atoms with van der Waals surface area (Å²) in [6.07, 6.45) is 0. The van der Waals surface area contributed by atoms with Crippen LogP contribution in [-0.2, 0) is 0 Å². The van der Waals surface area contributed by atoms with Gasteiger partial charge in [-0.15, -0.1) is 0 Å². The number of hydrogen-bond donors (Lipinski definition) is 0. The van der Waals surface area contributed by atoms with Crippen LogP contribution in [0.2, 0.25) is 10.0 Å². The molecule has 21 heavy (non-hydrogen) atoms. The molecule has 0 saturated carbocycles. The van der Waals surface area contributed by atoms with Crippen molar-refractivity contribution in [3.63, 3.8) is 0 Å². The highest BCUT2D eigenvalue weighted by Crippen LogP contribution is 2.32. The van der Waals surface area contributed by atoms with E-state index in [1.165, 1.54) is 6.07 Å². The minimum absolute atomic E-state index is 0.171. The van der Waals surface area contributed by atoms with Crippen molar-refractivity contribution in [1.29, 1.82) is 0 Å². The maximum atomic E-state index is 12.4. The van der Waals surface area contributed by atoms with Gasteiger partial charge < -0.3 is 0 Å². The zero-order valence-electron chi connectivity index (χ0n) is 11.0. The molecule has 0 saturated heterocycles. The second-order valence-electron chi connectivity index (χ2n) is 4.76. The Morgan fingerprint density at radius 3 is 2.38 bits per heavy atom. The molecule has 0 N–H and O–H groups in total. The number of aromatic nitrogens is 1. The molecule has 5 heteroatoms. The van der Waals surface area contributed by atoms with Crippen molar-refractivity contribution in [3.05, 3.63) is 72.9 Å². The lowest BCUT2D eigenvalue weighted by Gasteiger charge is -2.14. The number of rotatable bonds is 1. The first-order valence-corrected chi connectivity index (χ1v) is 7.80. The van der Waals surface area contributed by atoms with Gasteiger partial charge in [-0.2, -0.15) is 0 Å². The van der Waals surface area contributed by atoms with Crippen molar-refractivity contribution < 1.29 is 0 Å². The topological polar surface area (TPSA) is 22.0 Å². The van der Waals surface area contributed by atoms with Gasteiger partial charge in [-0.3, -0.25) is 9.36 Å². The van der Waals surface area contributed by atoms with Crippen LogP contribution in [0, 0.1) is 6.92 Å². The van der Waals surface area contributed by atoms with Gasteiger partial charge in [-0.1, -0.05) is 45.2 Å². The average molecular weight is 383 g/mol. The van der Waals surface area contributed by atoms with Crippen LogP contribution in [0.3, 0.4) is 0 Å². The van der Waals surface area contributed by atoms with Crippen molar-refractivity contribution in [3.8, 4) is 5.69 Å². The summed E-state index contributed by atoms with van der Waals surface area (Å²) in [6.45, 7) is 1.97. The van der Waals surface area contributed by atoms with Crippen molar-refractivity contribution >= 4 is 50.0 Å². The molecule has 0 aliphatic heterocycles. The van der Waals surface area contributed by atoms with Gasteiger partial charge in [0.25, 0.3) is 5.56 Å². The number of para-hydroxylation sites is 1. The fourth-order valence-electron chi connectivity index (χ4n) is 2.37. The smallest absolute Gasteiger partial charge is 0.255 e. The summed E-state index contributed by atoms with van der Waals surface area (Å²) in [5.41, 5.74) is 2.14. The summed E-state index contributed by atoms with van der Waals surface area (Å²) in [7, 11) is 0. The number of hydrogen-bond acceptors (Lipinski definition) is 1. The number of halogens is 3. The predicted octanol–water partition coefficient (Wildman–Crippen LogP) is 5.37. The van der Waals surface area contributed by atoms with E-state index < -0.39 is 0 Å². The molecule has 106 valence electrons. The van der Waals surface area contributed by atoms with Crippen LogP contribution >= 0.6 is 39.1 Å². The molecule has 0 unspecified atom stereocenters. The van der Waals surface area contributed by atoms with E-state index in [0.717, 1.165) is 20.9 Å². The Hall–Kier alpha value is -1.29. The van der Waals surface area contributed by atoms with Gasteiger partial charge in [0, 0.05) is 15.9 Å². The van der Waals surface area contributed by atoms with Crippen LogP contribution in [0.25, 0.3) is 16.6 Å². The highest BCUT2D eigenvalue weighted by Gasteiger charge is 2.14. The highest BCUT2D eigenvalue weighted by molar-refractivity contribution is 9.10. The molecule has 0 aliphatic rings. The first-order chi connectivity index (χ1) is 9.99. The van der Waals surface area contributed by atoms with E-state index in [1.807, 2.05) is 19.1 Å². The fourth-order valence-corrected chi connectivity index (χ4v) is 3.63. The Morgan fingerprint density at radius 2 is 1.71 bits per heavy atom. The van der Waals surface area contributed by atoms with Gasteiger partial charge in [-0.25, -0.2) is 0 Å². The quantitative estimate of drug-likeness (QED) is 0.554. The first-order valence-electron chi connectivity index (χ1n) is 6.25. The summed E-state index contributed by atoms with van der Waals surface area (Å²) >= 11 is 16.1. The largest absolute Gasteiger partial charge is 0.274 e. The molecule has 0 spiro atoms. The zero-order valence-corrected chi connectivity index (χ0v) is 14.1. The van der Waals surface area contributed by atoms with Crippen LogP contribution in [0.1, 0.15) is 5.56 Å². The van der Waals surface area contributed by atoms with Gasteiger partial charge in [0.05, 0.1) is 21.2 Å².